The van der Waals surface area contributed by atoms with E-state index in [2.05, 4.69) is 12.1 Å². The Bertz CT molecular complexity index is 660. The lowest BCUT2D eigenvalue weighted by molar-refractivity contribution is -0.139. The van der Waals surface area contributed by atoms with Crippen LogP contribution in [-0.2, 0) is 14.6 Å². The normalized spacial score (nSPS) is 26.3. The molecule has 0 N–H and O–H groups in total. The highest BCUT2D eigenvalue weighted by molar-refractivity contribution is 7.91. The van der Waals surface area contributed by atoms with Gasteiger partial charge in [-0.15, -0.1) is 0 Å². The zero-order valence-corrected chi connectivity index (χ0v) is 14.3. The Morgan fingerprint density at radius 3 is 2.57 bits per heavy atom. The van der Waals surface area contributed by atoms with E-state index in [1.54, 1.807) is 0 Å². The molecule has 126 valence electrons. The first-order chi connectivity index (χ1) is 11.0. The zero-order chi connectivity index (χ0) is 16.4. The van der Waals surface area contributed by atoms with Gasteiger partial charge in [0.15, 0.2) is 9.84 Å². The van der Waals surface area contributed by atoms with E-state index in [1.165, 1.54) is 5.56 Å². The minimum absolute atomic E-state index is 0.0640. The summed E-state index contributed by atoms with van der Waals surface area (Å²) in [4.78, 5) is 16.4. The van der Waals surface area contributed by atoms with Gasteiger partial charge in [0, 0.05) is 25.6 Å². The molecule has 0 radical (unpaired) electrons. The van der Waals surface area contributed by atoms with Crippen molar-refractivity contribution in [2.75, 3.05) is 31.6 Å². The molecule has 3 rings (SSSR count). The van der Waals surface area contributed by atoms with Gasteiger partial charge in [0.2, 0.25) is 5.91 Å². The molecule has 0 saturated carbocycles. The Labute approximate surface area is 138 Å². The SMILES string of the molecule is CN(CCC(=O)N1CCC1c1ccccc1)C1CCS(=O)(=O)C1. The van der Waals surface area contributed by atoms with Crippen molar-refractivity contribution < 1.29 is 13.2 Å². The largest absolute Gasteiger partial charge is 0.335 e. The van der Waals surface area contributed by atoms with Crippen molar-refractivity contribution in [3.05, 3.63) is 35.9 Å². The Hall–Kier alpha value is -1.40. The maximum Gasteiger partial charge on any atom is 0.224 e. The third-order valence-electron chi connectivity index (χ3n) is 5.03. The molecule has 0 spiro atoms. The molecule has 0 bridgehead atoms. The molecule has 2 atom stereocenters. The molecule has 0 aliphatic carbocycles. The highest BCUT2D eigenvalue weighted by Crippen LogP contribution is 2.33. The van der Waals surface area contributed by atoms with Crippen molar-refractivity contribution in [2.45, 2.75) is 31.3 Å². The smallest absolute Gasteiger partial charge is 0.224 e. The van der Waals surface area contributed by atoms with Crippen LogP contribution in [-0.4, -0.2) is 61.8 Å². The first kappa shape index (κ1) is 16.5. The second kappa shape index (κ2) is 6.61. The summed E-state index contributed by atoms with van der Waals surface area (Å²) in [6.45, 7) is 1.44. The molecular weight excluding hydrogens is 312 g/mol. The standard InChI is InChI=1S/C17H24N2O3S/c1-18(15-9-12-23(21,22)13-15)10-8-17(20)19-11-7-16(19)14-5-3-2-4-6-14/h2-6,15-16H,7-13H2,1H3. The summed E-state index contributed by atoms with van der Waals surface area (Å²) >= 11 is 0. The number of likely N-dealkylation sites (tertiary alicyclic amines) is 1. The van der Waals surface area contributed by atoms with Crippen molar-refractivity contribution in [3.8, 4) is 0 Å². The van der Waals surface area contributed by atoms with E-state index in [1.807, 2.05) is 35.0 Å². The quantitative estimate of drug-likeness (QED) is 0.817. The zero-order valence-electron chi connectivity index (χ0n) is 13.5. The molecule has 2 unspecified atom stereocenters. The average molecular weight is 336 g/mol. The Morgan fingerprint density at radius 1 is 1.26 bits per heavy atom. The number of amides is 1. The summed E-state index contributed by atoms with van der Waals surface area (Å²) in [7, 11) is -0.950. The van der Waals surface area contributed by atoms with Crippen LogP contribution < -0.4 is 0 Å². The van der Waals surface area contributed by atoms with Crippen LogP contribution in [0.15, 0.2) is 30.3 Å². The summed E-state index contributed by atoms with van der Waals surface area (Å²) in [6.07, 6.45) is 2.16. The minimum Gasteiger partial charge on any atom is -0.335 e. The van der Waals surface area contributed by atoms with E-state index in [0.717, 1.165) is 13.0 Å². The molecular formula is C17H24N2O3S. The molecule has 1 aromatic rings. The maximum absolute atomic E-state index is 12.4. The molecule has 2 fully saturated rings. The number of hydrogen-bond acceptors (Lipinski definition) is 4. The van der Waals surface area contributed by atoms with Crippen LogP contribution in [0, 0.1) is 0 Å². The lowest BCUT2D eigenvalue weighted by atomic mass is 9.94. The maximum atomic E-state index is 12.4. The number of hydrogen-bond donors (Lipinski definition) is 0. The Balaban J connectivity index is 1.50. The van der Waals surface area contributed by atoms with Gasteiger partial charge in [-0.1, -0.05) is 30.3 Å². The van der Waals surface area contributed by atoms with Gasteiger partial charge in [-0.2, -0.15) is 0 Å². The first-order valence-electron chi connectivity index (χ1n) is 8.21. The Kier molecular flexibility index (Phi) is 4.73. The molecule has 6 heteroatoms. The fourth-order valence-electron chi connectivity index (χ4n) is 3.43. The molecule has 2 aliphatic rings. The molecule has 0 aromatic heterocycles. The van der Waals surface area contributed by atoms with Crippen molar-refractivity contribution in [1.29, 1.82) is 0 Å². The van der Waals surface area contributed by atoms with Crippen LogP contribution in [0.4, 0.5) is 0 Å². The second-order valence-corrected chi connectivity index (χ2v) is 8.82. The van der Waals surface area contributed by atoms with Crippen LogP contribution in [0.1, 0.15) is 30.9 Å². The monoisotopic (exact) mass is 336 g/mol. The van der Waals surface area contributed by atoms with Crippen molar-refractivity contribution in [3.63, 3.8) is 0 Å². The van der Waals surface area contributed by atoms with Crippen LogP contribution in [0.2, 0.25) is 0 Å². The number of benzene rings is 1. The third kappa shape index (κ3) is 3.75. The highest BCUT2D eigenvalue weighted by Gasteiger charge is 2.34. The van der Waals surface area contributed by atoms with Crippen molar-refractivity contribution in [2.24, 2.45) is 0 Å². The van der Waals surface area contributed by atoms with Gasteiger partial charge in [0.05, 0.1) is 17.5 Å². The van der Waals surface area contributed by atoms with Crippen LogP contribution in [0.25, 0.3) is 0 Å². The van der Waals surface area contributed by atoms with Gasteiger partial charge >= 0.3 is 0 Å². The molecule has 2 aliphatic heterocycles. The highest BCUT2D eigenvalue weighted by atomic mass is 32.2. The average Bonchev–Trinajstić information content (AvgIpc) is 2.85. The van der Waals surface area contributed by atoms with Gasteiger partial charge in [0.1, 0.15) is 0 Å². The number of nitrogens with zero attached hydrogens (tertiary/aromatic N) is 2. The van der Waals surface area contributed by atoms with Crippen LogP contribution >= 0.6 is 0 Å². The number of sulfone groups is 1. The van der Waals surface area contributed by atoms with E-state index in [4.69, 9.17) is 0 Å². The number of rotatable bonds is 5. The van der Waals surface area contributed by atoms with E-state index in [-0.39, 0.29) is 29.5 Å². The third-order valence-corrected chi connectivity index (χ3v) is 6.78. The fraction of sp³-hybridized carbons (Fsp3) is 0.588. The van der Waals surface area contributed by atoms with E-state index >= 15 is 0 Å². The minimum atomic E-state index is -2.87. The van der Waals surface area contributed by atoms with Gasteiger partial charge < -0.3 is 9.80 Å². The second-order valence-electron chi connectivity index (χ2n) is 6.59. The number of carbonyl (C=O) groups excluding carboxylic acids is 1. The summed E-state index contributed by atoms with van der Waals surface area (Å²) in [5, 5.41) is 0. The van der Waals surface area contributed by atoms with E-state index in [9.17, 15) is 13.2 Å². The van der Waals surface area contributed by atoms with Crippen LogP contribution in [0.3, 0.4) is 0 Å². The van der Waals surface area contributed by atoms with Gasteiger partial charge in [-0.05, 0) is 25.5 Å². The molecule has 2 saturated heterocycles. The topological polar surface area (TPSA) is 57.7 Å². The van der Waals surface area contributed by atoms with Crippen molar-refractivity contribution >= 4 is 15.7 Å². The lowest BCUT2D eigenvalue weighted by Crippen LogP contribution is -2.46. The summed E-state index contributed by atoms with van der Waals surface area (Å²) < 4.78 is 23.1. The molecule has 1 amide bonds. The van der Waals surface area contributed by atoms with Gasteiger partial charge in [-0.25, -0.2) is 8.42 Å². The van der Waals surface area contributed by atoms with Crippen LogP contribution in [0.5, 0.6) is 0 Å². The van der Waals surface area contributed by atoms with Gasteiger partial charge in [0.25, 0.3) is 0 Å². The molecule has 2 heterocycles. The molecule has 5 nitrogen and oxygen atoms in total. The first-order valence-corrected chi connectivity index (χ1v) is 10.0. The van der Waals surface area contributed by atoms with E-state index in [0.29, 0.717) is 19.4 Å². The summed E-state index contributed by atoms with van der Waals surface area (Å²) in [5.41, 5.74) is 1.20. The number of carbonyl (C=O) groups is 1. The Morgan fingerprint density at radius 2 is 2.00 bits per heavy atom. The van der Waals surface area contributed by atoms with Crippen molar-refractivity contribution in [1.82, 2.24) is 9.80 Å². The lowest BCUT2D eigenvalue weighted by Gasteiger charge is -2.41. The predicted octanol–water partition coefficient (Wildman–Crippen LogP) is 1.47. The molecule has 23 heavy (non-hydrogen) atoms. The molecule has 1 aromatic carbocycles. The fourth-order valence-corrected chi connectivity index (χ4v) is 5.23. The van der Waals surface area contributed by atoms with E-state index < -0.39 is 9.84 Å². The summed E-state index contributed by atoms with van der Waals surface area (Å²) in [6, 6.07) is 10.4. The van der Waals surface area contributed by atoms with Gasteiger partial charge in [-0.3, -0.25) is 4.79 Å². The predicted molar refractivity (Wildman–Crippen MR) is 89.8 cm³/mol. The summed E-state index contributed by atoms with van der Waals surface area (Å²) in [5.74, 6) is 0.671.